The third-order valence-corrected chi connectivity index (χ3v) is 5.56. The van der Waals surface area contributed by atoms with Crippen molar-refractivity contribution >= 4 is 32.7 Å². The molecule has 0 saturated heterocycles. The van der Waals surface area contributed by atoms with E-state index in [1.54, 1.807) is 31.2 Å². The van der Waals surface area contributed by atoms with Crippen LogP contribution in [0, 0.1) is 6.92 Å². The van der Waals surface area contributed by atoms with Crippen LogP contribution in [0.5, 0.6) is 11.6 Å². The maximum Gasteiger partial charge on any atom is 0.241 e. The van der Waals surface area contributed by atoms with E-state index in [4.69, 9.17) is 21.5 Å². The summed E-state index contributed by atoms with van der Waals surface area (Å²) in [6, 6.07) is 19.1. The van der Waals surface area contributed by atoms with Gasteiger partial charge in [-0.15, -0.1) is 0 Å². The van der Waals surface area contributed by atoms with Gasteiger partial charge in [0.1, 0.15) is 17.0 Å². The predicted molar refractivity (Wildman–Crippen MR) is 113 cm³/mol. The lowest BCUT2D eigenvalue weighted by Gasteiger charge is -2.10. The number of benzene rings is 3. The maximum atomic E-state index is 11.6. The van der Waals surface area contributed by atoms with Gasteiger partial charge in [0.15, 0.2) is 0 Å². The van der Waals surface area contributed by atoms with Gasteiger partial charge in [0, 0.05) is 0 Å². The molecule has 0 saturated carbocycles. The summed E-state index contributed by atoms with van der Waals surface area (Å²) < 4.78 is 29.0. The molecule has 1 aromatic heterocycles. The third kappa shape index (κ3) is 4.07. The lowest BCUT2D eigenvalue weighted by atomic mass is 10.1. The van der Waals surface area contributed by atoms with Gasteiger partial charge in [0.05, 0.1) is 15.4 Å². The molecule has 0 aliphatic heterocycles. The van der Waals surface area contributed by atoms with Gasteiger partial charge in [-0.3, -0.25) is 0 Å². The standard InChI is InChI=1S/C21H16ClN3O3S/c1-13-21(25-19-7-3-6-18(22)20(19)24-13)28-16-10-8-14(9-11-16)15-4-2-5-17(12-15)29(23,26)27/h2-12H,1H3,(H2,23,26,27). The molecule has 0 bridgehead atoms. The molecule has 8 heteroatoms. The maximum absolute atomic E-state index is 11.6. The van der Waals surface area contributed by atoms with E-state index >= 15 is 0 Å². The van der Waals surface area contributed by atoms with E-state index in [0.717, 1.165) is 11.1 Å². The highest BCUT2D eigenvalue weighted by molar-refractivity contribution is 7.89. The molecule has 2 N–H and O–H groups in total. The topological polar surface area (TPSA) is 95.2 Å². The second-order valence-corrected chi connectivity index (χ2v) is 8.39. The summed E-state index contributed by atoms with van der Waals surface area (Å²) in [5.41, 5.74) is 3.46. The van der Waals surface area contributed by atoms with Crippen LogP contribution in [-0.2, 0) is 10.0 Å². The van der Waals surface area contributed by atoms with Crippen LogP contribution in [-0.4, -0.2) is 18.4 Å². The minimum atomic E-state index is -3.76. The second-order valence-electron chi connectivity index (χ2n) is 6.42. The molecular formula is C21H16ClN3O3S. The zero-order valence-electron chi connectivity index (χ0n) is 15.3. The van der Waals surface area contributed by atoms with Crippen LogP contribution in [0.4, 0.5) is 0 Å². The molecule has 29 heavy (non-hydrogen) atoms. The molecule has 0 aliphatic carbocycles. The normalized spacial score (nSPS) is 11.6. The molecular weight excluding hydrogens is 410 g/mol. The number of ether oxygens (including phenoxy) is 1. The van der Waals surface area contributed by atoms with Gasteiger partial charge in [-0.05, 0) is 54.4 Å². The van der Waals surface area contributed by atoms with Crippen LogP contribution < -0.4 is 9.88 Å². The van der Waals surface area contributed by atoms with Crippen molar-refractivity contribution in [3.05, 3.63) is 77.4 Å². The van der Waals surface area contributed by atoms with Crippen LogP contribution in [0.1, 0.15) is 5.69 Å². The molecule has 0 spiro atoms. The van der Waals surface area contributed by atoms with Gasteiger partial charge in [0.25, 0.3) is 0 Å². The van der Waals surface area contributed by atoms with Crippen molar-refractivity contribution in [2.75, 3.05) is 0 Å². The molecule has 1 heterocycles. The highest BCUT2D eigenvalue weighted by atomic mass is 35.5. The first kappa shape index (κ1) is 19.3. The zero-order chi connectivity index (χ0) is 20.6. The molecule has 0 amide bonds. The van der Waals surface area contributed by atoms with Crippen LogP contribution in [0.2, 0.25) is 5.02 Å². The molecule has 0 aliphatic rings. The van der Waals surface area contributed by atoms with Crippen molar-refractivity contribution in [3.63, 3.8) is 0 Å². The summed E-state index contributed by atoms with van der Waals surface area (Å²) in [7, 11) is -3.76. The number of nitrogens with two attached hydrogens (primary N) is 1. The van der Waals surface area contributed by atoms with Crippen LogP contribution in [0.15, 0.2) is 71.6 Å². The minimum absolute atomic E-state index is 0.0658. The van der Waals surface area contributed by atoms with E-state index in [1.807, 2.05) is 30.3 Å². The van der Waals surface area contributed by atoms with Gasteiger partial charge in [-0.1, -0.05) is 41.9 Å². The van der Waals surface area contributed by atoms with Crippen molar-refractivity contribution in [2.24, 2.45) is 5.14 Å². The van der Waals surface area contributed by atoms with Gasteiger partial charge in [-0.2, -0.15) is 0 Å². The number of aromatic nitrogens is 2. The number of fused-ring (bicyclic) bond motifs is 1. The number of primary sulfonamides is 1. The lowest BCUT2D eigenvalue weighted by molar-refractivity contribution is 0.458. The number of nitrogens with zero attached hydrogens (tertiary/aromatic N) is 2. The fourth-order valence-corrected chi connectivity index (χ4v) is 3.66. The van der Waals surface area contributed by atoms with Crippen molar-refractivity contribution in [3.8, 4) is 22.8 Å². The monoisotopic (exact) mass is 425 g/mol. The first-order valence-electron chi connectivity index (χ1n) is 8.65. The van der Waals surface area contributed by atoms with E-state index in [-0.39, 0.29) is 4.90 Å². The van der Waals surface area contributed by atoms with E-state index < -0.39 is 10.0 Å². The first-order chi connectivity index (χ1) is 13.8. The minimum Gasteiger partial charge on any atom is -0.437 e. The molecule has 6 nitrogen and oxygen atoms in total. The smallest absolute Gasteiger partial charge is 0.241 e. The summed E-state index contributed by atoms with van der Waals surface area (Å²) in [6.45, 7) is 1.80. The van der Waals surface area contributed by atoms with Gasteiger partial charge in [-0.25, -0.2) is 23.5 Å². The van der Waals surface area contributed by atoms with Crippen LogP contribution in [0.25, 0.3) is 22.2 Å². The Hall–Kier alpha value is -3.00. The van der Waals surface area contributed by atoms with Crippen molar-refractivity contribution in [2.45, 2.75) is 11.8 Å². The first-order valence-corrected chi connectivity index (χ1v) is 10.6. The third-order valence-electron chi connectivity index (χ3n) is 4.34. The Morgan fingerprint density at radius 3 is 2.38 bits per heavy atom. The van der Waals surface area contributed by atoms with Crippen molar-refractivity contribution in [1.29, 1.82) is 0 Å². The Kier molecular flexibility index (Phi) is 4.96. The number of rotatable bonds is 4. The summed E-state index contributed by atoms with van der Waals surface area (Å²) in [5.74, 6) is 0.971. The number of halogens is 1. The fourth-order valence-electron chi connectivity index (χ4n) is 2.89. The Balaban J connectivity index is 1.63. The average Bonchev–Trinajstić information content (AvgIpc) is 2.69. The van der Waals surface area contributed by atoms with Crippen molar-refractivity contribution in [1.82, 2.24) is 9.97 Å². The van der Waals surface area contributed by atoms with Gasteiger partial charge < -0.3 is 4.74 Å². The van der Waals surface area contributed by atoms with Crippen LogP contribution in [0.3, 0.4) is 0 Å². The average molecular weight is 426 g/mol. The zero-order valence-corrected chi connectivity index (χ0v) is 16.9. The number of para-hydroxylation sites is 1. The molecule has 0 fully saturated rings. The number of aryl methyl sites for hydroxylation is 1. The molecule has 3 aromatic carbocycles. The highest BCUT2D eigenvalue weighted by Crippen LogP contribution is 2.29. The van der Waals surface area contributed by atoms with Crippen LogP contribution >= 0.6 is 11.6 Å². The molecule has 4 rings (SSSR count). The molecule has 0 unspecified atom stereocenters. The van der Waals surface area contributed by atoms with Gasteiger partial charge in [0.2, 0.25) is 15.9 Å². The SMILES string of the molecule is Cc1nc2c(Cl)cccc2nc1Oc1ccc(-c2cccc(S(N)(=O)=O)c2)cc1. The molecule has 4 aromatic rings. The number of sulfonamides is 1. The number of hydrogen-bond acceptors (Lipinski definition) is 5. The molecule has 0 atom stereocenters. The Morgan fingerprint density at radius 2 is 1.66 bits per heavy atom. The largest absolute Gasteiger partial charge is 0.437 e. The van der Waals surface area contributed by atoms with Crippen molar-refractivity contribution < 1.29 is 13.2 Å². The summed E-state index contributed by atoms with van der Waals surface area (Å²) in [4.78, 5) is 9.05. The Labute approximate surface area is 173 Å². The summed E-state index contributed by atoms with van der Waals surface area (Å²) >= 11 is 6.17. The summed E-state index contributed by atoms with van der Waals surface area (Å²) in [6.07, 6.45) is 0. The fraction of sp³-hybridized carbons (Fsp3) is 0.0476. The highest BCUT2D eigenvalue weighted by Gasteiger charge is 2.11. The molecule has 146 valence electrons. The van der Waals surface area contributed by atoms with E-state index in [1.165, 1.54) is 12.1 Å². The lowest BCUT2D eigenvalue weighted by Crippen LogP contribution is -2.11. The number of hydrogen-bond donors (Lipinski definition) is 1. The van der Waals surface area contributed by atoms with E-state index in [9.17, 15) is 8.42 Å². The second kappa shape index (κ2) is 7.44. The predicted octanol–water partition coefficient (Wildman–Crippen LogP) is 4.70. The molecule has 0 radical (unpaired) electrons. The Morgan fingerprint density at radius 1 is 0.931 bits per heavy atom. The Bertz CT molecular complexity index is 1320. The van der Waals surface area contributed by atoms with E-state index in [0.29, 0.717) is 33.4 Å². The van der Waals surface area contributed by atoms with E-state index in [2.05, 4.69) is 9.97 Å². The quantitative estimate of drug-likeness (QED) is 0.511. The van der Waals surface area contributed by atoms with Gasteiger partial charge >= 0.3 is 0 Å². The summed E-state index contributed by atoms with van der Waals surface area (Å²) in [5, 5.41) is 5.75.